The fourth-order valence-corrected chi connectivity index (χ4v) is 3.74. The molecule has 1 aliphatic heterocycles. The lowest BCUT2D eigenvalue weighted by Gasteiger charge is -2.31. The Morgan fingerprint density at radius 1 is 0.968 bits per heavy atom. The maximum absolute atomic E-state index is 12.8. The Kier molecular flexibility index (Phi) is 6.31. The summed E-state index contributed by atoms with van der Waals surface area (Å²) in [5.74, 6) is 1.91. The maximum atomic E-state index is 12.8. The SMILES string of the molecule is COc1ccc(NC(=O)C2CCN(c3ncc(-c4ccccc4)cn3)CC2)c(OC)c1. The van der Waals surface area contributed by atoms with Gasteiger partial charge >= 0.3 is 0 Å². The molecule has 4 rings (SSSR count). The molecule has 1 amide bonds. The maximum Gasteiger partial charge on any atom is 0.227 e. The molecule has 0 unspecified atom stereocenters. The van der Waals surface area contributed by atoms with Gasteiger partial charge in [0.05, 0.1) is 19.9 Å². The van der Waals surface area contributed by atoms with Crippen LogP contribution in [0.5, 0.6) is 11.5 Å². The third kappa shape index (κ3) is 4.77. The number of carbonyl (C=O) groups is 1. The Bertz CT molecular complexity index is 1020. The van der Waals surface area contributed by atoms with E-state index < -0.39 is 0 Å². The average molecular weight is 418 g/mol. The third-order valence-corrected chi connectivity index (χ3v) is 5.56. The number of carbonyl (C=O) groups excluding carboxylic acids is 1. The van der Waals surface area contributed by atoms with E-state index in [1.54, 1.807) is 32.4 Å². The molecule has 1 saturated heterocycles. The highest BCUT2D eigenvalue weighted by molar-refractivity contribution is 5.94. The van der Waals surface area contributed by atoms with E-state index in [1.165, 1.54) is 0 Å². The lowest BCUT2D eigenvalue weighted by molar-refractivity contribution is -0.120. The smallest absolute Gasteiger partial charge is 0.227 e. The van der Waals surface area contributed by atoms with Crippen LogP contribution in [0.1, 0.15) is 12.8 Å². The van der Waals surface area contributed by atoms with Crippen molar-refractivity contribution in [2.45, 2.75) is 12.8 Å². The summed E-state index contributed by atoms with van der Waals surface area (Å²) in [5.41, 5.74) is 2.74. The second-order valence-electron chi connectivity index (χ2n) is 7.45. The summed E-state index contributed by atoms with van der Waals surface area (Å²) in [7, 11) is 3.17. The number of aromatic nitrogens is 2. The first-order valence-electron chi connectivity index (χ1n) is 10.3. The molecule has 0 radical (unpaired) electrons. The van der Waals surface area contributed by atoms with E-state index in [0.717, 1.165) is 37.1 Å². The molecule has 7 heteroatoms. The van der Waals surface area contributed by atoms with Crippen LogP contribution in [0.25, 0.3) is 11.1 Å². The fraction of sp³-hybridized carbons (Fsp3) is 0.292. The van der Waals surface area contributed by atoms with E-state index in [0.29, 0.717) is 23.1 Å². The first-order chi connectivity index (χ1) is 15.2. The van der Waals surface area contributed by atoms with Crippen molar-refractivity contribution in [1.29, 1.82) is 0 Å². The standard InChI is InChI=1S/C24H26N4O3/c1-30-20-8-9-21(22(14-20)31-2)27-23(29)18-10-12-28(13-11-18)24-25-15-19(16-26-24)17-6-4-3-5-7-17/h3-9,14-16,18H,10-13H2,1-2H3,(H,27,29). The lowest BCUT2D eigenvalue weighted by atomic mass is 9.96. The van der Waals surface area contributed by atoms with Crippen LogP contribution in [0.15, 0.2) is 60.9 Å². The molecule has 1 N–H and O–H groups in total. The van der Waals surface area contributed by atoms with Crippen LogP contribution in [0.4, 0.5) is 11.6 Å². The molecular formula is C24H26N4O3. The van der Waals surface area contributed by atoms with Gasteiger partial charge in [-0.25, -0.2) is 9.97 Å². The number of nitrogens with zero attached hydrogens (tertiary/aromatic N) is 3. The quantitative estimate of drug-likeness (QED) is 0.652. The van der Waals surface area contributed by atoms with E-state index in [9.17, 15) is 4.79 Å². The summed E-state index contributed by atoms with van der Waals surface area (Å²) >= 11 is 0. The minimum absolute atomic E-state index is 0.00320. The normalized spacial score (nSPS) is 14.2. The Balaban J connectivity index is 1.35. The molecule has 1 fully saturated rings. The molecule has 2 heterocycles. The number of amides is 1. The molecule has 31 heavy (non-hydrogen) atoms. The van der Waals surface area contributed by atoms with E-state index in [4.69, 9.17) is 9.47 Å². The number of piperidine rings is 1. The first kappa shape index (κ1) is 20.7. The average Bonchev–Trinajstić information content (AvgIpc) is 2.85. The summed E-state index contributed by atoms with van der Waals surface area (Å²) < 4.78 is 10.6. The van der Waals surface area contributed by atoms with Crippen molar-refractivity contribution >= 4 is 17.5 Å². The van der Waals surface area contributed by atoms with Crippen molar-refractivity contribution in [2.24, 2.45) is 5.92 Å². The molecule has 0 spiro atoms. The van der Waals surface area contributed by atoms with E-state index in [1.807, 2.05) is 42.7 Å². The number of rotatable bonds is 6. The molecule has 0 aliphatic carbocycles. The van der Waals surface area contributed by atoms with Crippen LogP contribution in [0, 0.1) is 5.92 Å². The highest BCUT2D eigenvalue weighted by Gasteiger charge is 2.26. The van der Waals surface area contributed by atoms with E-state index in [-0.39, 0.29) is 11.8 Å². The molecule has 1 aliphatic rings. The number of methoxy groups -OCH3 is 2. The van der Waals surface area contributed by atoms with Crippen LogP contribution in [0.3, 0.4) is 0 Å². The van der Waals surface area contributed by atoms with Crippen LogP contribution >= 0.6 is 0 Å². The zero-order valence-corrected chi connectivity index (χ0v) is 17.7. The number of anilines is 2. The van der Waals surface area contributed by atoms with Gasteiger partial charge in [0.2, 0.25) is 11.9 Å². The lowest BCUT2D eigenvalue weighted by Crippen LogP contribution is -2.39. The number of hydrogen-bond acceptors (Lipinski definition) is 6. The Morgan fingerprint density at radius 3 is 2.32 bits per heavy atom. The molecule has 0 atom stereocenters. The predicted octanol–water partition coefficient (Wildman–Crippen LogP) is 4.02. The van der Waals surface area contributed by atoms with E-state index in [2.05, 4.69) is 20.2 Å². The summed E-state index contributed by atoms with van der Waals surface area (Å²) in [6.45, 7) is 1.48. The minimum Gasteiger partial charge on any atom is -0.497 e. The largest absolute Gasteiger partial charge is 0.497 e. The third-order valence-electron chi connectivity index (χ3n) is 5.56. The van der Waals surface area contributed by atoms with Crippen molar-refractivity contribution < 1.29 is 14.3 Å². The van der Waals surface area contributed by atoms with Gasteiger partial charge in [-0.1, -0.05) is 30.3 Å². The van der Waals surface area contributed by atoms with Gasteiger partial charge in [0.25, 0.3) is 0 Å². The molecule has 1 aromatic heterocycles. The highest BCUT2D eigenvalue weighted by atomic mass is 16.5. The number of benzene rings is 2. The highest BCUT2D eigenvalue weighted by Crippen LogP contribution is 2.30. The second-order valence-corrected chi connectivity index (χ2v) is 7.45. The van der Waals surface area contributed by atoms with Crippen molar-refractivity contribution in [3.8, 4) is 22.6 Å². The molecular weight excluding hydrogens is 392 g/mol. The van der Waals surface area contributed by atoms with Gasteiger partial charge in [-0.15, -0.1) is 0 Å². The number of hydrogen-bond donors (Lipinski definition) is 1. The van der Waals surface area contributed by atoms with Crippen molar-refractivity contribution in [2.75, 3.05) is 37.5 Å². The zero-order chi connectivity index (χ0) is 21.6. The van der Waals surface area contributed by atoms with Gasteiger partial charge in [0, 0.05) is 43.0 Å². The van der Waals surface area contributed by atoms with Crippen LogP contribution in [-0.2, 0) is 4.79 Å². The summed E-state index contributed by atoms with van der Waals surface area (Å²) in [6, 6.07) is 15.4. The van der Waals surface area contributed by atoms with Crippen LogP contribution < -0.4 is 19.7 Å². The molecule has 0 saturated carbocycles. The van der Waals surface area contributed by atoms with Crippen LogP contribution in [0.2, 0.25) is 0 Å². The predicted molar refractivity (Wildman–Crippen MR) is 121 cm³/mol. The fourth-order valence-electron chi connectivity index (χ4n) is 3.74. The van der Waals surface area contributed by atoms with Crippen molar-refractivity contribution in [3.63, 3.8) is 0 Å². The van der Waals surface area contributed by atoms with Gasteiger partial charge in [0.15, 0.2) is 0 Å². The molecule has 3 aromatic rings. The molecule has 0 bridgehead atoms. The van der Waals surface area contributed by atoms with Gasteiger partial charge in [-0.3, -0.25) is 4.79 Å². The van der Waals surface area contributed by atoms with Gasteiger partial charge in [-0.05, 0) is 30.5 Å². The van der Waals surface area contributed by atoms with Crippen molar-refractivity contribution in [1.82, 2.24) is 9.97 Å². The summed E-state index contributed by atoms with van der Waals surface area (Å²) in [5, 5.41) is 2.99. The topological polar surface area (TPSA) is 76.6 Å². The van der Waals surface area contributed by atoms with Crippen molar-refractivity contribution in [3.05, 3.63) is 60.9 Å². The summed E-state index contributed by atoms with van der Waals surface area (Å²) in [4.78, 5) is 24.0. The van der Waals surface area contributed by atoms with E-state index >= 15 is 0 Å². The molecule has 160 valence electrons. The zero-order valence-electron chi connectivity index (χ0n) is 17.7. The van der Waals surface area contributed by atoms with Gasteiger partial charge in [-0.2, -0.15) is 0 Å². The Hall–Kier alpha value is -3.61. The minimum atomic E-state index is -0.0633. The number of ether oxygens (including phenoxy) is 2. The molecule has 2 aromatic carbocycles. The second kappa shape index (κ2) is 9.47. The summed E-state index contributed by atoms with van der Waals surface area (Å²) in [6.07, 6.45) is 5.20. The number of nitrogens with one attached hydrogen (secondary N) is 1. The Labute approximate surface area is 182 Å². The van der Waals surface area contributed by atoms with Crippen LogP contribution in [-0.4, -0.2) is 43.2 Å². The Morgan fingerprint density at radius 2 is 1.68 bits per heavy atom. The monoisotopic (exact) mass is 418 g/mol. The molecule has 7 nitrogen and oxygen atoms in total. The first-order valence-corrected chi connectivity index (χ1v) is 10.3. The van der Waals surface area contributed by atoms with Gasteiger partial charge in [0.1, 0.15) is 11.5 Å². The van der Waals surface area contributed by atoms with Gasteiger partial charge < -0.3 is 19.7 Å².